The molecule has 1 aromatic carbocycles. The Bertz CT molecular complexity index is 852. The van der Waals surface area contributed by atoms with E-state index >= 15 is 0 Å². The maximum absolute atomic E-state index is 12.6. The molecule has 0 spiro atoms. The molecule has 0 atom stereocenters. The number of rotatable bonds is 5. The molecule has 1 aliphatic rings. The number of ether oxygens (including phenoxy) is 1. The molecule has 0 bridgehead atoms. The van der Waals surface area contributed by atoms with E-state index in [0.717, 1.165) is 11.3 Å². The molecule has 0 unspecified atom stereocenters. The number of hydrogen-bond acceptors (Lipinski definition) is 7. The van der Waals surface area contributed by atoms with Crippen molar-refractivity contribution in [3.8, 4) is 11.8 Å². The van der Waals surface area contributed by atoms with Crippen LogP contribution in [-0.2, 0) is 11.3 Å². The lowest BCUT2D eigenvalue weighted by atomic mass is 10.1. The minimum Gasteiger partial charge on any atom is -0.497 e. The molecule has 8 heteroatoms. The van der Waals surface area contributed by atoms with E-state index in [0.29, 0.717) is 36.2 Å². The van der Waals surface area contributed by atoms with Crippen LogP contribution in [0.2, 0.25) is 0 Å². The summed E-state index contributed by atoms with van der Waals surface area (Å²) in [7, 11) is 1.63. The SMILES string of the molecule is COc1cccc(CN2CCN(c3nc(SC)ncc3C#N)CC2=O)c1. The number of nitrogens with zero attached hydrogens (tertiary/aromatic N) is 5. The predicted octanol–water partition coefficient (Wildman–Crippen LogP) is 1.93. The second kappa shape index (κ2) is 8.06. The molecule has 1 amide bonds. The van der Waals surface area contributed by atoms with Crippen LogP contribution >= 0.6 is 11.8 Å². The Morgan fingerprint density at radius 2 is 2.23 bits per heavy atom. The largest absolute Gasteiger partial charge is 0.497 e. The van der Waals surface area contributed by atoms with Crippen LogP contribution in [0, 0.1) is 11.3 Å². The molecule has 0 radical (unpaired) electrons. The Balaban J connectivity index is 1.72. The van der Waals surface area contributed by atoms with Gasteiger partial charge in [-0.25, -0.2) is 9.97 Å². The summed E-state index contributed by atoms with van der Waals surface area (Å²) < 4.78 is 5.23. The highest BCUT2D eigenvalue weighted by Gasteiger charge is 2.27. The summed E-state index contributed by atoms with van der Waals surface area (Å²) in [5, 5.41) is 9.89. The van der Waals surface area contributed by atoms with Crippen LogP contribution in [0.5, 0.6) is 5.75 Å². The smallest absolute Gasteiger partial charge is 0.242 e. The van der Waals surface area contributed by atoms with E-state index < -0.39 is 0 Å². The standard InChI is InChI=1S/C18H19N5O2S/c1-25-15-5-3-4-13(8-15)11-22-6-7-23(12-16(22)24)17-14(9-19)10-20-18(21-17)26-2/h3-5,8,10H,6-7,11-12H2,1-2H3. The molecular formula is C18H19N5O2S. The molecule has 134 valence electrons. The Morgan fingerprint density at radius 1 is 1.38 bits per heavy atom. The minimum absolute atomic E-state index is 0.00673. The topological polar surface area (TPSA) is 82.3 Å². The quantitative estimate of drug-likeness (QED) is 0.588. The van der Waals surface area contributed by atoms with Crippen LogP contribution in [0.4, 0.5) is 5.82 Å². The van der Waals surface area contributed by atoms with Gasteiger partial charge in [-0.1, -0.05) is 23.9 Å². The van der Waals surface area contributed by atoms with Gasteiger partial charge in [-0.15, -0.1) is 0 Å². The first-order chi connectivity index (χ1) is 12.6. The number of carbonyl (C=O) groups excluding carboxylic acids is 1. The van der Waals surface area contributed by atoms with Crippen molar-refractivity contribution in [2.24, 2.45) is 0 Å². The molecule has 0 N–H and O–H groups in total. The Morgan fingerprint density at radius 3 is 2.92 bits per heavy atom. The van der Waals surface area contributed by atoms with Gasteiger partial charge in [-0.2, -0.15) is 5.26 Å². The maximum Gasteiger partial charge on any atom is 0.242 e. The highest BCUT2D eigenvalue weighted by Crippen LogP contribution is 2.22. The van der Waals surface area contributed by atoms with Crippen molar-refractivity contribution in [2.45, 2.75) is 11.7 Å². The zero-order valence-electron chi connectivity index (χ0n) is 14.7. The summed E-state index contributed by atoms with van der Waals surface area (Å²) in [5.74, 6) is 1.31. The van der Waals surface area contributed by atoms with E-state index in [1.54, 1.807) is 7.11 Å². The number of nitriles is 1. The van der Waals surface area contributed by atoms with Gasteiger partial charge in [0.2, 0.25) is 5.91 Å². The number of piperazine rings is 1. The lowest BCUT2D eigenvalue weighted by Crippen LogP contribution is -2.50. The Labute approximate surface area is 156 Å². The second-order valence-corrected chi connectivity index (χ2v) is 6.57. The molecule has 1 aliphatic heterocycles. The van der Waals surface area contributed by atoms with Crippen molar-refractivity contribution < 1.29 is 9.53 Å². The van der Waals surface area contributed by atoms with Crippen molar-refractivity contribution in [1.29, 1.82) is 5.26 Å². The Hall–Kier alpha value is -2.79. The fraction of sp³-hybridized carbons (Fsp3) is 0.333. The van der Waals surface area contributed by atoms with Crippen LogP contribution in [0.1, 0.15) is 11.1 Å². The summed E-state index contributed by atoms with van der Waals surface area (Å²) >= 11 is 1.41. The molecule has 3 rings (SSSR count). The average molecular weight is 369 g/mol. The minimum atomic E-state index is 0.00673. The predicted molar refractivity (Wildman–Crippen MR) is 99.2 cm³/mol. The average Bonchev–Trinajstić information content (AvgIpc) is 2.69. The summed E-state index contributed by atoms with van der Waals surface area (Å²) in [5.41, 5.74) is 1.41. The van der Waals surface area contributed by atoms with Gasteiger partial charge in [-0.3, -0.25) is 4.79 Å². The lowest BCUT2D eigenvalue weighted by molar-refractivity contribution is -0.131. The van der Waals surface area contributed by atoms with Crippen LogP contribution in [0.15, 0.2) is 35.6 Å². The molecular weight excluding hydrogens is 350 g/mol. The number of anilines is 1. The number of benzene rings is 1. The van der Waals surface area contributed by atoms with Gasteiger partial charge in [0.05, 0.1) is 19.9 Å². The highest BCUT2D eigenvalue weighted by atomic mass is 32.2. The zero-order chi connectivity index (χ0) is 18.5. The van der Waals surface area contributed by atoms with E-state index in [1.807, 2.05) is 40.3 Å². The number of aromatic nitrogens is 2. The molecule has 26 heavy (non-hydrogen) atoms. The van der Waals surface area contributed by atoms with Gasteiger partial charge in [0.25, 0.3) is 0 Å². The van der Waals surface area contributed by atoms with Gasteiger partial charge < -0.3 is 14.5 Å². The van der Waals surface area contributed by atoms with Crippen LogP contribution in [-0.4, -0.2) is 53.8 Å². The molecule has 1 aromatic heterocycles. The third-order valence-corrected chi connectivity index (χ3v) is 4.74. The van der Waals surface area contributed by atoms with Crippen LogP contribution in [0.25, 0.3) is 0 Å². The first-order valence-electron chi connectivity index (χ1n) is 8.11. The number of amides is 1. The molecule has 1 fully saturated rings. The maximum atomic E-state index is 12.6. The third-order valence-electron chi connectivity index (χ3n) is 4.18. The lowest BCUT2D eigenvalue weighted by Gasteiger charge is -2.35. The van der Waals surface area contributed by atoms with E-state index in [4.69, 9.17) is 4.74 Å². The summed E-state index contributed by atoms with van der Waals surface area (Å²) in [6, 6.07) is 9.81. The summed E-state index contributed by atoms with van der Waals surface area (Å²) in [6.45, 7) is 1.92. The molecule has 1 saturated heterocycles. The van der Waals surface area contributed by atoms with Gasteiger partial charge in [0.15, 0.2) is 11.0 Å². The first kappa shape index (κ1) is 18.0. The molecule has 2 aromatic rings. The van der Waals surface area contributed by atoms with Crippen molar-refractivity contribution in [2.75, 3.05) is 37.9 Å². The molecule has 2 heterocycles. The van der Waals surface area contributed by atoms with Crippen LogP contribution in [0.3, 0.4) is 0 Å². The fourth-order valence-corrected chi connectivity index (χ4v) is 3.16. The number of carbonyl (C=O) groups is 1. The number of hydrogen-bond donors (Lipinski definition) is 0. The van der Waals surface area contributed by atoms with E-state index in [-0.39, 0.29) is 12.5 Å². The highest BCUT2D eigenvalue weighted by molar-refractivity contribution is 7.98. The normalized spacial score (nSPS) is 14.3. The van der Waals surface area contributed by atoms with Gasteiger partial charge in [0.1, 0.15) is 17.4 Å². The van der Waals surface area contributed by atoms with E-state index in [1.165, 1.54) is 18.0 Å². The van der Waals surface area contributed by atoms with Gasteiger partial charge in [0, 0.05) is 19.6 Å². The molecule has 0 saturated carbocycles. The first-order valence-corrected chi connectivity index (χ1v) is 9.34. The van der Waals surface area contributed by atoms with Crippen LogP contribution < -0.4 is 9.64 Å². The van der Waals surface area contributed by atoms with Crippen molar-refractivity contribution in [3.63, 3.8) is 0 Å². The second-order valence-electron chi connectivity index (χ2n) is 5.79. The molecule has 7 nitrogen and oxygen atoms in total. The van der Waals surface area contributed by atoms with E-state index in [9.17, 15) is 10.1 Å². The Kier molecular flexibility index (Phi) is 5.58. The number of methoxy groups -OCH3 is 1. The number of thioether (sulfide) groups is 1. The van der Waals surface area contributed by atoms with E-state index in [2.05, 4.69) is 16.0 Å². The van der Waals surface area contributed by atoms with Crippen molar-refractivity contribution >= 4 is 23.5 Å². The fourth-order valence-electron chi connectivity index (χ4n) is 2.82. The van der Waals surface area contributed by atoms with Gasteiger partial charge in [-0.05, 0) is 24.0 Å². The van der Waals surface area contributed by atoms with Gasteiger partial charge >= 0.3 is 0 Å². The summed E-state index contributed by atoms with van der Waals surface area (Å²) in [4.78, 5) is 24.8. The molecule has 0 aliphatic carbocycles. The zero-order valence-corrected chi connectivity index (χ0v) is 15.5. The monoisotopic (exact) mass is 369 g/mol. The van der Waals surface area contributed by atoms with Crippen molar-refractivity contribution in [3.05, 3.63) is 41.6 Å². The van der Waals surface area contributed by atoms with Crippen molar-refractivity contribution in [1.82, 2.24) is 14.9 Å². The summed E-state index contributed by atoms with van der Waals surface area (Å²) in [6.07, 6.45) is 3.39. The third kappa shape index (κ3) is 3.89.